The van der Waals surface area contributed by atoms with Crippen molar-refractivity contribution in [1.82, 2.24) is 0 Å². The van der Waals surface area contributed by atoms with E-state index in [1.54, 1.807) is 0 Å². The quantitative estimate of drug-likeness (QED) is 0.486. The molecule has 0 aliphatic heterocycles. The second kappa shape index (κ2) is 2.87. The normalized spacial score (nSPS) is 11.0. The first-order chi connectivity index (χ1) is 3.98. The van der Waals surface area contributed by atoms with Gasteiger partial charge in [-0.05, 0) is 11.6 Å². The van der Waals surface area contributed by atoms with Gasteiger partial charge in [0.2, 0.25) is 5.78 Å². The molecule has 0 spiro atoms. The minimum Gasteiger partial charge on any atom is -0.313 e. The fourth-order valence-electron chi connectivity index (χ4n) is 0.208. The molecule has 0 amide bonds. The topological polar surface area (TPSA) is 40.9 Å². The molecule has 0 fully saturated rings. The van der Waals surface area contributed by atoms with Gasteiger partial charge in [0.25, 0.3) is 0 Å². The molecule has 52 valence electrons. The van der Waals surface area contributed by atoms with E-state index in [1.807, 2.05) is 0 Å². The Labute approximate surface area is 55.3 Å². The van der Waals surface area contributed by atoms with Gasteiger partial charge in [-0.2, -0.15) is 8.78 Å². The van der Waals surface area contributed by atoms with Crippen LogP contribution in [0, 0.1) is 5.41 Å². The predicted molar refractivity (Wildman–Crippen MR) is 29.2 cm³/mol. The van der Waals surface area contributed by atoms with Gasteiger partial charge in [-0.1, -0.05) is 0 Å². The fraction of sp³-hybridized carbons (Fsp3) is 0.500. The number of halogens is 3. The molecule has 0 bridgehead atoms. The third-order valence-electron chi connectivity index (χ3n) is 0.604. The molecule has 0 aromatic carbocycles. The van der Waals surface area contributed by atoms with Crippen LogP contribution in [0.3, 0.4) is 0 Å². The number of alkyl halides is 3. The van der Waals surface area contributed by atoms with E-state index >= 15 is 0 Å². The molecule has 0 rings (SSSR count). The molecular weight excluding hydrogens is 151 g/mol. The van der Waals surface area contributed by atoms with Crippen LogP contribution in [-0.4, -0.2) is 17.4 Å². The number of hydrogen-bond acceptors (Lipinski definition) is 2. The molecule has 0 unspecified atom stereocenters. The van der Waals surface area contributed by atoms with Gasteiger partial charge in [-0.25, -0.2) is 0 Å². The zero-order valence-corrected chi connectivity index (χ0v) is 5.08. The van der Waals surface area contributed by atoms with Crippen molar-refractivity contribution in [3.8, 4) is 0 Å². The summed E-state index contributed by atoms with van der Waals surface area (Å²) in [7, 11) is 0. The largest absolute Gasteiger partial charge is 0.380 e. The Kier molecular flexibility index (Phi) is 2.70. The van der Waals surface area contributed by atoms with Gasteiger partial charge in [0.15, 0.2) is 0 Å². The summed E-state index contributed by atoms with van der Waals surface area (Å²) in [5.74, 6) is -1.45. The third kappa shape index (κ3) is 3.13. The van der Waals surface area contributed by atoms with Crippen molar-refractivity contribution in [3.63, 3.8) is 0 Å². The highest BCUT2D eigenvalue weighted by Gasteiger charge is 2.33. The molecule has 0 atom stereocenters. The number of nitrogens with one attached hydrogen (secondary N) is 1. The first-order valence-electron chi connectivity index (χ1n) is 2.07. The van der Waals surface area contributed by atoms with Crippen molar-refractivity contribution < 1.29 is 13.6 Å². The number of carbonyl (C=O) groups excluding carboxylic acids is 1. The summed E-state index contributed by atoms with van der Waals surface area (Å²) in [6.07, 6.45) is -0.0326. The first-order valence-corrected chi connectivity index (χ1v) is 2.45. The van der Waals surface area contributed by atoms with Crippen LogP contribution in [0.5, 0.6) is 0 Å². The highest BCUT2D eigenvalue weighted by Crippen LogP contribution is 2.20. The molecule has 0 saturated heterocycles. The van der Waals surface area contributed by atoms with Gasteiger partial charge in [0, 0.05) is 12.6 Å². The molecule has 5 heteroatoms. The van der Waals surface area contributed by atoms with E-state index in [1.165, 1.54) is 0 Å². The fourth-order valence-corrected chi connectivity index (χ4v) is 0.286. The van der Waals surface area contributed by atoms with Crippen LogP contribution in [0.4, 0.5) is 8.78 Å². The van der Waals surface area contributed by atoms with E-state index in [2.05, 4.69) is 11.6 Å². The van der Waals surface area contributed by atoms with Crippen LogP contribution in [0.1, 0.15) is 6.42 Å². The minimum atomic E-state index is -3.81. The molecule has 0 aromatic heterocycles. The lowest BCUT2D eigenvalue weighted by Crippen LogP contribution is -2.21. The molecule has 0 saturated carbocycles. The Hall–Kier alpha value is -0.510. The lowest BCUT2D eigenvalue weighted by Gasteiger charge is -2.01. The number of carbonyl (C=O) groups is 1. The number of ketones is 1. The zero-order valence-electron chi connectivity index (χ0n) is 4.33. The highest BCUT2D eigenvalue weighted by atomic mass is 35.5. The van der Waals surface area contributed by atoms with Crippen LogP contribution >= 0.6 is 11.6 Å². The average molecular weight is 156 g/mol. The summed E-state index contributed by atoms with van der Waals surface area (Å²) < 4.78 is 23.2. The standard InChI is InChI=1S/C4H4ClF2NO/c5-4(6,7)3(9)1-2-8/h2,8H,1H2. The van der Waals surface area contributed by atoms with Gasteiger partial charge in [0.1, 0.15) is 0 Å². The second-order valence-electron chi connectivity index (χ2n) is 1.33. The Morgan fingerprint density at radius 3 is 2.33 bits per heavy atom. The zero-order chi connectivity index (χ0) is 7.49. The van der Waals surface area contributed by atoms with Gasteiger partial charge < -0.3 is 5.41 Å². The molecule has 1 N–H and O–H groups in total. The summed E-state index contributed by atoms with van der Waals surface area (Å²) in [5, 5.41) is 2.47. The van der Waals surface area contributed by atoms with Crippen LogP contribution in [0.15, 0.2) is 0 Å². The second-order valence-corrected chi connectivity index (χ2v) is 1.80. The maximum absolute atomic E-state index is 11.6. The molecule has 0 aromatic rings. The summed E-state index contributed by atoms with van der Waals surface area (Å²) in [6, 6.07) is 0. The van der Waals surface area contributed by atoms with Crippen LogP contribution < -0.4 is 0 Å². The summed E-state index contributed by atoms with van der Waals surface area (Å²) in [6.45, 7) is 0. The van der Waals surface area contributed by atoms with Crippen LogP contribution in [-0.2, 0) is 4.79 Å². The lowest BCUT2D eigenvalue weighted by molar-refractivity contribution is -0.131. The SMILES string of the molecule is N=CCC(=O)C(F)(F)Cl. The summed E-state index contributed by atoms with van der Waals surface area (Å²) >= 11 is 4.28. The summed E-state index contributed by atoms with van der Waals surface area (Å²) in [4.78, 5) is 10.0. The third-order valence-corrected chi connectivity index (χ3v) is 0.814. The van der Waals surface area contributed by atoms with Crippen molar-refractivity contribution in [3.05, 3.63) is 0 Å². The van der Waals surface area contributed by atoms with Crippen molar-refractivity contribution in [2.24, 2.45) is 0 Å². The molecule has 2 nitrogen and oxygen atoms in total. The van der Waals surface area contributed by atoms with Crippen molar-refractivity contribution in [2.45, 2.75) is 11.8 Å². The maximum Gasteiger partial charge on any atom is 0.380 e. The van der Waals surface area contributed by atoms with E-state index in [0.29, 0.717) is 6.21 Å². The molecular formula is C4H4ClF2NO. The van der Waals surface area contributed by atoms with Gasteiger partial charge in [-0.15, -0.1) is 0 Å². The van der Waals surface area contributed by atoms with Crippen LogP contribution in [0.2, 0.25) is 0 Å². The Morgan fingerprint density at radius 1 is 1.78 bits per heavy atom. The van der Waals surface area contributed by atoms with E-state index in [0.717, 1.165) is 0 Å². The Bertz CT molecular complexity index is 131. The maximum atomic E-state index is 11.6. The molecule has 0 radical (unpaired) electrons. The van der Waals surface area contributed by atoms with Crippen molar-refractivity contribution in [2.75, 3.05) is 0 Å². The van der Waals surface area contributed by atoms with Crippen molar-refractivity contribution in [1.29, 1.82) is 5.41 Å². The number of rotatable bonds is 3. The Balaban J connectivity index is 3.88. The first kappa shape index (κ1) is 8.49. The molecule has 0 aliphatic rings. The van der Waals surface area contributed by atoms with Crippen LogP contribution in [0.25, 0.3) is 0 Å². The minimum absolute atomic E-state index is 0.582. The van der Waals surface area contributed by atoms with Gasteiger partial charge >= 0.3 is 5.38 Å². The lowest BCUT2D eigenvalue weighted by atomic mass is 10.3. The van der Waals surface area contributed by atoms with Crippen molar-refractivity contribution >= 4 is 23.6 Å². The molecule has 0 heterocycles. The Morgan fingerprint density at radius 2 is 2.22 bits per heavy atom. The molecule has 9 heavy (non-hydrogen) atoms. The van der Waals surface area contributed by atoms with Gasteiger partial charge in [0.05, 0.1) is 0 Å². The highest BCUT2D eigenvalue weighted by molar-refractivity contribution is 6.33. The number of Topliss-reactive ketones (excluding diaryl/α,β-unsaturated/α-hetero) is 1. The molecule has 0 aliphatic carbocycles. The van der Waals surface area contributed by atoms with E-state index in [4.69, 9.17) is 5.41 Å². The summed E-state index contributed by atoms with van der Waals surface area (Å²) in [5.41, 5.74) is 0. The van der Waals surface area contributed by atoms with E-state index < -0.39 is 17.6 Å². The van der Waals surface area contributed by atoms with E-state index in [-0.39, 0.29) is 0 Å². The predicted octanol–water partition coefficient (Wildman–Crippen LogP) is 1.43. The van der Waals surface area contributed by atoms with E-state index in [9.17, 15) is 13.6 Å². The monoisotopic (exact) mass is 155 g/mol. The van der Waals surface area contributed by atoms with Gasteiger partial charge in [-0.3, -0.25) is 4.79 Å². The average Bonchev–Trinajstić information content (AvgIpc) is 1.64. The smallest absolute Gasteiger partial charge is 0.313 e. The number of hydrogen-bond donors (Lipinski definition) is 1.